The number of carbonyl (C=O) groups is 3. The first-order valence-electron chi connectivity index (χ1n) is 9.15. The molecular formula is C19H18ClN3O6S. The summed E-state index contributed by atoms with van der Waals surface area (Å²) in [6, 6.07) is 10.3. The number of rotatable bonds is 6. The molecule has 2 aromatic rings. The van der Waals surface area contributed by atoms with Gasteiger partial charge in [-0.3, -0.25) is 19.3 Å². The first-order chi connectivity index (χ1) is 14.5. The molecule has 1 atom stereocenters. The molecule has 0 bridgehead atoms. The van der Waals surface area contributed by atoms with E-state index in [1.807, 2.05) is 0 Å². The number of hydrogen-bond acceptors (Lipinski definition) is 7. The van der Waals surface area contributed by atoms with Crippen molar-refractivity contribution in [3.8, 4) is 0 Å². The van der Waals surface area contributed by atoms with E-state index in [2.05, 4.69) is 5.48 Å². The van der Waals surface area contributed by atoms with E-state index in [0.29, 0.717) is 28.1 Å². The summed E-state index contributed by atoms with van der Waals surface area (Å²) in [6.45, 7) is 1.33. The number of cyclic esters (lactones) is 1. The van der Waals surface area contributed by atoms with Crippen LogP contribution in [0.1, 0.15) is 9.67 Å². The SMILES string of the molecule is O=C(NOCC1CN(c2ccc(N3CCOCC3=O)cc2)C(=O)O1)c1ccc(Cl)s1. The van der Waals surface area contributed by atoms with E-state index < -0.39 is 18.1 Å². The first-order valence-corrected chi connectivity index (χ1v) is 10.3. The maximum atomic E-state index is 12.2. The maximum absolute atomic E-state index is 12.2. The Balaban J connectivity index is 1.30. The van der Waals surface area contributed by atoms with Crippen molar-refractivity contribution >= 4 is 52.2 Å². The molecule has 0 aliphatic carbocycles. The van der Waals surface area contributed by atoms with Gasteiger partial charge in [-0.25, -0.2) is 10.3 Å². The van der Waals surface area contributed by atoms with Crippen molar-refractivity contribution in [2.75, 3.05) is 42.7 Å². The third-order valence-electron chi connectivity index (χ3n) is 4.56. The topological polar surface area (TPSA) is 97.4 Å². The number of hydroxylamine groups is 1. The molecule has 2 saturated heterocycles. The summed E-state index contributed by atoms with van der Waals surface area (Å²) in [5.41, 5.74) is 3.70. The molecule has 0 saturated carbocycles. The lowest BCUT2D eigenvalue weighted by Gasteiger charge is -2.27. The summed E-state index contributed by atoms with van der Waals surface area (Å²) < 4.78 is 10.9. The lowest BCUT2D eigenvalue weighted by atomic mass is 10.2. The smallest absolute Gasteiger partial charge is 0.414 e. The standard InChI is InChI=1S/C19H18ClN3O6S/c20-16-6-5-15(30-16)18(25)21-28-10-14-9-23(19(26)29-14)13-3-1-12(2-4-13)22-7-8-27-11-17(22)24/h1-6,14H,7-11H2,(H,21,25). The highest BCUT2D eigenvalue weighted by molar-refractivity contribution is 7.17. The third kappa shape index (κ3) is 4.57. The highest BCUT2D eigenvalue weighted by Crippen LogP contribution is 2.26. The zero-order valence-corrected chi connectivity index (χ0v) is 17.3. The number of ether oxygens (including phenoxy) is 2. The largest absolute Gasteiger partial charge is 0.441 e. The number of thiophene rings is 1. The normalized spacial score (nSPS) is 19.2. The molecule has 9 nitrogen and oxygen atoms in total. The number of anilines is 2. The molecule has 0 radical (unpaired) electrons. The highest BCUT2D eigenvalue weighted by Gasteiger charge is 2.33. The summed E-state index contributed by atoms with van der Waals surface area (Å²) in [4.78, 5) is 44.8. The van der Waals surface area contributed by atoms with Gasteiger partial charge in [-0.1, -0.05) is 11.6 Å². The van der Waals surface area contributed by atoms with Gasteiger partial charge in [0.25, 0.3) is 11.8 Å². The van der Waals surface area contributed by atoms with Gasteiger partial charge in [-0.15, -0.1) is 11.3 Å². The fourth-order valence-corrected chi connectivity index (χ4v) is 4.04. The molecule has 1 unspecified atom stereocenters. The van der Waals surface area contributed by atoms with Gasteiger partial charge < -0.3 is 14.4 Å². The van der Waals surface area contributed by atoms with Crippen molar-refractivity contribution in [2.45, 2.75) is 6.10 Å². The van der Waals surface area contributed by atoms with Crippen LogP contribution in [-0.4, -0.2) is 56.9 Å². The summed E-state index contributed by atoms with van der Waals surface area (Å²) >= 11 is 6.94. The second kappa shape index (κ2) is 9.00. The minimum absolute atomic E-state index is 0.00739. The molecule has 11 heteroatoms. The molecule has 1 aromatic heterocycles. The number of morpholine rings is 1. The second-order valence-electron chi connectivity index (χ2n) is 6.58. The Hall–Kier alpha value is -2.66. The second-order valence-corrected chi connectivity index (χ2v) is 8.29. The molecule has 158 valence electrons. The Kier molecular flexibility index (Phi) is 6.18. The molecule has 30 heavy (non-hydrogen) atoms. The average molecular weight is 452 g/mol. The van der Waals surface area contributed by atoms with Crippen molar-refractivity contribution in [1.29, 1.82) is 0 Å². The van der Waals surface area contributed by atoms with Gasteiger partial charge in [0.1, 0.15) is 19.3 Å². The van der Waals surface area contributed by atoms with Gasteiger partial charge in [-0.2, -0.15) is 0 Å². The molecule has 2 aliphatic heterocycles. The number of hydrogen-bond donors (Lipinski definition) is 1. The molecule has 0 spiro atoms. The van der Waals surface area contributed by atoms with Crippen molar-refractivity contribution in [3.05, 3.63) is 45.6 Å². The first kappa shape index (κ1) is 20.6. The van der Waals surface area contributed by atoms with Gasteiger partial charge in [0, 0.05) is 17.9 Å². The van der Waals surface area contributed by atoms with Crippen LogP contribution in [0.4, 0.5) is 16.2 Å². The van der Waals surface area contributed by atoms with Crippen LogP contribution in [0.25, 0.3) is 0 Å². The monoisotopic (exact) mass is 451 g/mol. The van der Waals surface area contributed by atoms with Crippen molar-refractivity contribution < 1.29 is 28.7 Å². The predicted molar refractivity (Wildman–Crippen MR) is 110 cm³/mol. The Labute approximate surface area is 181 Å². The van der Waals surface area contributed by atoms with Crippen molar-refractivity contribution in [3.63, 3.8) is 0 Å². The number of amides is 3. The van der Waals surface area contributed by atoms with Gasteiger partial charge in [-0.05, 0) is 36.4 Å². The van der Waals surface area contributed by atoms with Crippen LogP contribution in [0.2, 0.25) is 4.34 Å². The predicted octanol–water partition coefficient (Wildman–Crippen LogP) is 2.45. The molecule has 2 fully saturated rings. The van der Waals surface area contributed by atoms with E-state index in [-0.39, 0.29) is 25.7 Å². The van der Waals surface area contributed by atoms with Crippen LogP contribution in [0, 0.1) is 0 Å². The van der Waals surface area contributed by atoms with Crippen LogP contribution in [-0.2, 0) is 19.1 Å². The number of carbonyl (C=O) groups excluding carboxylic acids is 3. The van der Waals surface area contributed by atoms with Gasteiger partial charge in [0.2, 0.25) is 0 Å². The van der Waals surface area contributed by atoms with E-state index >= 15 is 0 Å². The Morgan fingerprint density at radius 3 is 2.57 bits per heavy atom. The summed E-state index contributed by atoms with van der Waals surface area (Å²) in [6.07, 6.45) is -1.04. The number of benzene rings is 1. The minimum atomic E-state index is -0.537. The molecule has 1 N–H and O–H groups in total. The lowest BCUT2D eigenvalue weighted by molar-refractivity contribution is -0.125. The quantitative estimate of drug-likeness (QED) is 0.677. The van der Waals surface area contributed by atoms with E-state index in [0.717, 1.165) is 17.0 Å². The molecule has 3 heterocycles. The van der Waals surface area contributed by atoms with Crippen LogP contribution in [0.3, 0.4) is 0 Å². The van der Waals surface area contributed by atoms with Crippen LogP contribution < -0.4 is 15.3 Å². The van der Waals surface area contributed by atoms with E-state index in [1.54, 1.807) is 41.3 Å². The highest BCUT2D eigenvalue weighted by atomic mass is 35.5. The zero-order chi connectivity index (χ0) is 21.1. The van der Waals surface area contributed by atoms with Gasteiger partial charge in [0.05, 0.1) is 22.4 Å². The van der Waals surface area contributed by atoms with Gasteiger partial charge >= 0.3 is 6.09 Å². The van der Waals surface area contributed by atoms with Crippen LogP contribution >= 0.6 is 22.9 Å². The van der Waals surface area contributed by atoms with E-state index in [1.165, 1.54) is 4.90 Å². The third-order valence-corrected chi connectivity index (χ3v) is 5.79. The average Bonchev–Trinajstić information content (AvgIpc) is 3.34. The molecule has 3 amide bonds. The molecule has 2 aliphatic rings. The van der Waals surface area contributed by atoms with Gasteiger partial charge in [0.15, 0.2) is 0 Å². The maximum Gasteiger partial charge on any atom is 0.414 e. The lowest BCUT2D eigenvalue weighted by Crippen LogP contribution is -2.41. The molecule has 1 aromatic carbocycles. The Bertz CT molecular complexity index is 950. The Morgan fingerprint density at radius 2 is 1.90 bits per heavy atom. The minimum Gasteiger partial charge on any atom is -0.441 e. The Morgan fingerprint density at radius 1 is 1.17 bits per heavy atom. The summed E-state index contributed by atoms with van der Waals surface area (Å²) in [5, 5.41) is 0. The van der Waals surface area contributed by atoms with Crippen LogP contribution in [0.5, 0.6) is 0 Å². The van der Waals surface area contributed by atoms with E-state index in [9.17, 15) is 14.4 Å². The van der Waals surface area contributed by atoms with Crippen molar-refractivity contribution in [1.82, 2.24) is 5.48 Å². The number of nitrogens with one attached hydrogen (secondary N) is 1. The van der Waals surface area contributed by atoms with E-state index in [4.69, 9.17) is 25.9 Å². The summed E-state index contributed by atoms with van der Waals surface area (Å²) in [7, 11) is 0. The van der Waals surface area contributed by atoms with Crippen molar-refractivity contribution in [2.24, 2.45) is 0 Å². The van der Waals surface area contributed by atoms with Crippen LogP contribution in [0.15, 0.2) is 36.4 Å². The number of nitrogens with zero attached hydrogens (tertiary/aromatic N) is 2. The number of halogens is 1. The zero-order valence-electron chi connectivity index (χ0n) is 15.7. The summed E-state index contributed by atoms with van der Waals surface area (Å²) in [5.74, 6) is -0.514. The fraction of sp³-hybridized carbons (Fsp3) is 0.316. The molecule has 4 rings (SSSR count). The fourth-order valence-electron chi connectivity index (χ4n) is 3.11. The molecular weight excluding hydrogens is 434 g/mol.